The van der Waals surface area contributed by atoms with Crippen molar-refractivity contribution in [2.24, 2.45) is 0 Å². The molecule has 3 nitrogen and oxygen atoms in total. The highest BCUT2D eigenvalue weighted by atomic mass is 16.5. The van der Waals surface area contributed by atoms with E-state index >= 15 is 0 Å². The van der Waals surface area contributed by atoms with Gasteiger partial charge in [-0.25, -0.2) is 0 Å². The summed E-state index contributed by atoms with van der Waals surface area (Å²) in [5.41, 5.74) is 1.70. The van der Waals surface area contributed by atoms with Crippen molar-refractivity contribution in [2.75, 3.05) is 7.11 Å². The van der Waals surface area contributed by atoms with Crippen LogP contribution in [0.1, 0.15) is 5.56 Å². The Balaban J connectivity index is 2.63. The van der Waals surface area contributed by atoms with E-state index < -0.39 is 0 Å². The molecule has 0 N–H and O–H groups in total. The van der Waals surface area contributed by atoms with Crippen LogP contribution in [0, 0.1) is 0 Å². The van der Waals surface area contributed by atoms with Gasteiger partial charge in [0.1, 0.15) is 5.58 Å². The molecule has 0 saturated heterocycles. The van der Waals surface area contributed by atoms with Gasteiger partial charge in [0.15, 0.2) is 11.3 Å². The van der Waals surface area contributed by atoms with E-state index in [0.717, 1.165) is 5.56 Å². The fraction of sp³-hybridized carbons (Fsp3) is 0.0625. The van der Waals surface area contributed by atoms with E-state index in [2.05, 4.69) is 6.58 Å². The minimum absolute atomic E-state index is 0.0642. The van der Waals surface area contributed by atoms with Crippen molar-refractivity contribution >= 4 is 28.0 Å². The van der Waals surface area contributed by atoms with E-state index in [1.165, 1.54) is 0 Å². The van der Waals surface area contributed by atoms with Gasteiger partial charge < -0.3 is 9.15 Å². The van der Waals surface area contributed by atoms with Crippen LogP contribution in [0.5, 0.6) is 5.75 Å². The Morgan fingerprint density at radius 1 is 1.21 bits per heavy atom. The predicted molar refractivity (Wildman–Crippen MR) is 76.6 cm³/mol. The zero-order valence-corrected chi connectivity index (χ0v) is 10.5. The number of fused-ring (bicyclic) bond motifs is 2. The number of para-hydroxylation sites is 1. The Hall–Kier alpha value is -2.55. The zero-order valence-electron chi connectivity index (χ0n) is 10.5. The molecule has 0 saturated carbocycles. The number of benzene rings is 2. The summed E-state index contributed by atoms with van der Waals surface area (Å²) >= 11 is 0. The Bertz CT molecular complexity index is 844. The molecular formula is C16H12O3. The average Bonchev–Trinajstić information content (AvgIpc) is 2.46. The molecule has 0 spiro atoms. The number of ether oxygens (including phenoxy) is 1. The van der Waals surface area contributed by atoms with Gasteiger partial charge in [-0.05, 0) is 23.8 Å². The first kappa shape index (κ1) is 11.5. The fourth-order valence-corrected chi connectivity index (χ4v) is 2.23. The van der Waals surface area contributed by atoms with E-state index in [1.54, 1.807) is 37.5 Å². The summed E-state index contributed by atoms with van der Waals surface area (Å²) in [6.45, 7) is 3.74. The molecule has 0 amide bonds. The largest absolute Gasteiger partial charge is 0.493 e. The summed E-state index contributed by atoms with van der Waals surface area (Å²) in [6.07, 6.45) is 1.65. The summed E-state index contributed by atoms with van der Waals surface area (Å²) in [5.74, 6) is 0.545. The molecule has 3 aromatic rings. The van der Waals surface area contributed by atoms with Gasteiger partial charge in [0.05, 0.1) is 17.9 Å². The quantitative estimate of drug-likeness (QED) is 0.654. The van der Waals surface area contributed by atoms with Gasteiger partial charge in [-0.1, -0.05) is 30.9 Å². The van der Waals surface area contributed by atoms with Crippen LogP contribution in [0.25, 0.3) is 28.0 Å². The predicted octanol–water partition coefficient (Wildman–Crippen LogP) is 3.60. The maximum atomic E-state index is 12.6. The highest BCUT2D eigenvalue weighted by Gasteiger charge is 2.13. The fourth-order valence-electron chi connectivity index (χ4n) is 2.23. The van der Waals surface area contributed by atoms with Crippen molar-refractivity contribution in [1.82, 2.24) is 0 Å². The monoisotopic (exact) mass is 252 g/mol. The molecule has 0 unspecified atom stereocenters. The molecule has 3 heteroatoms. The van der Waals surface area contributed by atoms with Crippen LogP contribution in [0.3, 0.4) is 0 Å². The summed E-state index contributed by atoms with van der Waals surface area (Å²) in [5, 5.41) is 1.07. The van der Waals surface area contributed by atoms with E-state index in [9.17, 15) is 4.79 Å². The van der Waals surface area contributed by atoms with Gasteiger partial charge in [-0.3, -0.25) is 4.79 Å². The van der Waals surface area contributed by atoms with E-state index in [4.69, 9.17) is 9.15 Å². The maximum Gasteiger partial charge on any atom is 0.201 e. The lowest BCUT2D eigenvalue weighted by molar-refractivity contribution is 0.411. The standard InChI is InChI=1S/C16H12O3/c1-3-10-8-9-13(18-2)16-14(10)15(17)11-6-4-5-7-12(11)19-16/h3-9H,1H2,2H3. The molecule has 0 bridgehead atoms. The lowest BCUT2D eigenvalue weighted by Crippen LogP contribution is -2.04. The van der Waals surface area contributed by atoms with Crippen LogP contribution >= 0.6 is 0 Å². The maximum absolute atomic E-state index is 12.6. The van der Waals surface area contributed by atoms with E-state index in [-0.39, 0.29) is 5.43 Å². The first-order valence-electron chi connectivity index (χ1n) is 5.91. The van der Waals surface area contributed by atoms with Crippen molar-refractivity contribution < 1.29 is 9.15 Å². The second kappa shape index (κ2) is 4.28. The molecule has 0 aliphatic heterocycles. The van der Waals surface area contributed by atoms with Crippen LogP contribution in [-0.4, -0.2) is 7.11 Å². The van der Waals surface area contributed by atoms with Crippen molar-refractivity contribution in [3.05, 3.63) is 58.8 Å². The number of hydrogen-bond donors (Lipinski definition) is 0. The average molecular weight is 252 g/mol. The number of methoxy groups -OCH3 is 1. The summed E-state index contributed by atoms with van der Waals surface area (Å²) in [7, 11) is 1.55. The Labute approximate surface area is 109 Å². The molecule has 1 aromatic heterocycles. The van der Waals surface area contributed by atoms with Gasteiger partial charge >= 0.3 is 0 Å². The van der Waals surface area contributed by atoms with Gasteiger partial charge in [0, 0.05) is 0 Å². The van der Waals surface area contributed by atoms with Crippen LogP contribution in [0.2, 0.25) is 0 Å². The van der Waals surface area contributed by atoms with Gasteiger partial charge in [0.25, 0.3) is 0 Å². The summed E-state index contributed by atoms with van der Waals surface area (Å²) in [6, 6.07) is 10.8. The zero-order chi connectivity index (χ0) is 13.4. The van der Waals surface area contributed by atoms with Gasteiger partial charge in [-0.2, -0.15) is 0 Å². The molecule has 2 aromatic carbocycles. The molecule has 3 rings (SSSR count). The second-order valence-electron chi connectivity index (χ2n) is 4.19. The molecule has 0 atom stereocenters. The molecule has 1 heterocycles. The van der Waals surface area contributed by atoms with Gasteiger partial charge in [-0.15, -0.1) is 0 Å². The van der Waals surface area contributed by atoms with Crippen LogP contribution in [0.4, 0.5) is 0 Å². The first-order chi connectivity index (χ1) is 9.26. The van der Waals surface area contributed by atoms with Gasteiger partial charge in [0.2, 0.25) is 5.43 Å². The Morgan fingerprint density at radius 2 is 2.00 bits per heavy atom. The van der Waals surface area contributed by atoms with Crippen molar-refractivity contribution in [2.45, 2.75) is 0 Å². The van der Waals surface area contributed by atoms with E-state index in [1.807, 2.05) is 12.1 Å². The molecule has 0 radical (unpaired) electrons. The second-order valence-corrected chi connectivity index (χ2v) is 4.19. The molecule has 19 heavy (non-hydrogen) atoms. The van der Waals surface area contributed by atoms with Crippen molar-refractivity contribution in [3.63, 3.8) is 0 Å². The van der Waals surface area contributed by atoms with Crippen molar-refractivity contribution in [1.29, 1.82) is 0 Å². The third-order valence-corrected chi connectivity index (χ3v) is 3.16. The lowest BCUT2D eigenvalue weighted by atomic mass is 10.1. The molecule has 0 aliphatic carbocycles. The number of hydrogen-bond acceptors (Lipinski definition) is 3. The van der Waals surface area contributed by atoms with Crippen molar-refractivity contribution in [3.8, 4) is 5.75 Å². The molecule has 94 valence electrons. The normalized spacial score (nSPS) is 10.8. The number of rotatable bonds is 2. The first-order valence-corrected chi connectivity index (χ1v) is 5.91. The summed E-state index contributed by atoms with van der Waals surface area (Å²) < 4.78 is 11.1. The lowest BCUT2D eigenvalue weighted by Gasteiger charge is -2.08. The molecular weight excluding hydrogens is 240 g/mol. The Morgan fingerprint density at radius 3 is 2.74 bits per heavy atom. The third kappa shape index (κ3) is 1.63. The topological polar surface area (TPSA) is 39.4 Å². The highest BCUT2D eigenvalue weighted by molar-refractivity contribution is 5.97. The molecule has 0 aliphatic rings. The smallest absolute Gasteiger partial charge is 0.201 e. The minimum Gasteiger partial charge on any atom is -0.493 e. The van der Waals surface area contributed by atoms with Crippen LogP contribution < -0.4 is 10.2 Å². The van der Waals surface area contributed by atoms with Crippen LogP contribution in [0.15, 0.2) is 52.2 Å². The highest BCUT2D eigenvalue weighted by Crippen LogP contribution is 2.29. The molecule has 0 fully saturated rings. The Kier molecular flexibility index (Phi) is 2.60. The third-order valence-electron chi connectivity index (χ3n) is 3.16. The summed E-state index contributed by atoms with van der Waals surface area (Å²) in [4.78, 5) is 12.6. The van der Waals surface area contributed by atoms with E-state index in [0.29, 0.717) is 27.7 Å². The minimum atomic E-state index is -0.0642. The SMILES string of the molecule is C=Cc1ccc(OC)c2oc3ccccc3c(=O)c12. The van der Waals surface area contributed by atoms with Crippen LogP contribution in [-0.2, 0) is 0 Å².